The maximum atomic E-state index is 12.5. The van der Waals surface area contributed by atoms with Crippen LogP contribution in [0.1, 0.15) is 18.4 Å². The molecule has 1 amide bonds. The van der Waals surface area contributed by atoms with Crippen molar-refractivity contribution in [3.63, 3.8) is 0 Å². The molecule has 1 aromatic rings. The highest BCUT2D eigenvalue weighted by molar-refractivity contribution is 5.83. The van der Waals surface area contributed by atoms with Crippen LogP contribution in [0.5, 0.6) is 5.75 Å². The number of amides is 1. The first kappa shape index (κ1) is 16.3. The second kappa shape index (κ2) is 6.60. The summed E-state index contributed by atoms with van der Waals surface area (Å²) in [4.78, 5) is 11.8. The van der Waals surface area contributed by atoms with E-state index in [4.69, 9.17) is 9.84 Å². The van der Waals surface area contributed by atoms with Crippen molar-refractivity contribution in [1.82, 2.24) is 5.32 Å². The first-order valence-corrected chi connectivity index (χ1v) is 5.91. The van der Waals surface area contributed by atoms with Gasteiger partial charge in [-0.3, -0.25) is 4.79 Å². The zero-order chi connectivity index (χ0) is 15.3. The number of benzene rings is 1. The van der Waals surface area contributed by atoms with Gasteiger partial charge >= 0.3 is 6.18 Å². The van der Waals surface area contributed by atoms with Gasteiger partial charge in [-0.05, 0) is 24.6 Å². The van der Waals surface area contributed by atoms with E-state index in [1.54, 1.807) is 29.6 Å². The maximum Gasteiger partial charge on any atom is 0.410 e. The minimum absolute atomic E-state index is 0.511. The Hall–Kier alpha value is -1.76. The fourth-order valence-electron chi connectivity index (χ4n) is 1.59. The lowest BCUT2D eigenvalue weighted by atomic mass is 9.99. The number of aliphatic hydroxyl groups is 1. The Kier molecular flexibility index (Phi) is 5.38. The molecule has 4 nitrogen and oxygen atoms in total. The van der Waals surface area contributed by atoms with E-state index in [-0.39, 0.29) is 0 Å². The van der Waals surface area contributed by atoms with Gasteiger partial charge in [0.25, 0.3) is 0 Å². The van der Waals surface area contributed by atoms with Crippen LogP contribution < -0.4 is 10.1 Å². The molecular weight excluding hydrogens is 275 g/mol. The summed E-state index contributed by atoms with van der Waals surface area (Å²) in [6.07, 6.45) is -4.68. The van der Waals surface area contributed by atoms with Crippen molar-refractivity contribution >= 4 is 5.91 Å². The number of nitrogens with one attached hydrogen (secondary N) is 1. The van der Waals surface area contributed by atoms with E-state index in [1.165, 1.54) is 14.0 Å². The number of hydrogen-bond acceptors (Lipinski definition) is 3. The van der Waals surface area contributed by atoms with Gasteiger partial charge < -0.3 is 15.2 Å². The van der Waals surface area contributed by atoms with Gasteiger partial charge in [0.05, 0.1) is 19.6 Å². The van der Waals surface area contributed by atoms with Gasteiger partial charge in [0.1, 0.15) is 11.8 Å². The lowest BCUT2D eigenvalue weighted by molar-refractivity contribution is -0.168. The van der Waals surface area contributed by atoms with Crippen molar-refractivity contribution in [2.75, 3.05) is 13.7 Å². The molecule has 112 valence electrons. The number of methoxy groups -OCH3 is 1. The molecule has 0 bridgehead atoms. The topological polar surface area (TPSA) is 58.6 Å². The van der Waals surface area contributed by atoms with E-state index in [1.807, 2.05) is 0 Å². The molecule has 0 heterocycles. The third kappa shape index (κ3) is 4.12. The summed E-state index contributed by atoms with van der Waals surface area (Å²) >= 11 is 0. The van der Waals surface area contributed by atoms with Gasteiger partial charge in [0.2, 0.25) is 5.91 Å². The molecule has 2 atom stereocenters. The van der Waals surface area contributed by atoms with E-state index >= 15 is 0 Å². The van der Waals surface area contributed by atoms with Crippen molar-refractivity contribution in [2.24, 2.45) is 0 Å². The number of halogens is 3. The Balaban J connectivity index is 2.80. The molecule has 0 spiro atoms. The number of rotatable bonds is 5. The zero-order valence-electron chi connectivity index (χ0n) is 11.1. The summed E-state index contributed by atoms with van der Waals surface area (Å²) in [5.74, 6) is -1.09. The average Bonchev–Trinajstić information content (AvgIpc) is 2.42. The average molecular weight is 291 g/mol. The van der Waals surface area contributed by atoms with Crippen molar-refractivity contribution in [2.45, 2.75) is 25.1 Å². The Bertz CT molecular complexity index is 462. The van der Waals surface area contributed by atoms with E-state index < -0.39 is 30.7 Å². The predicted molar refractivity (Wildman–Crippen MR) is 66.5 cm³/mol. The number of ether oxygens (including phenoxy) is 1. The van der Waals surface area contributed by atoms with Crippen LogP contribution in [0, 0.1) is 0 Å². The smallest absolute Gasteiger partial charge is 0.410 e. The van der Waals surface area contributed by atoms with Crippen LogP contribution >= 0.6 is 0 Å². The summed E-state index contributed by atoms with van der Waals surface area (Å²) in [5.41, 5.74) is 0.528. The van der Waals surface area contributed by atoms with Crippen LogP contribution in [0.15, 0.2) is 24.3 Å². The van der Waals surface area contributed by atoms with Gasteiger partial charge in [-0.1, -0.05) is 12.1 Å². The number of carbonyl (C=O) groups is 1. The molecule has 0 saturated carbocycles. The monoisotopic (exact) mass is 291 g/mol. The van der Waals surface area contributed by atoms with Gasteiger partial charge in [0, 0.05) is 0 Å². The molecule has 0 aliphatic rings. The Labute approximate surface area is 114 Å². The SMILES string of the molecule is COc1cccc(C(C)C(=O)NC(CO)C(F)(F)F)c1. The van der Waals surface area contributed by atoms with Crippen molar-refractivity contribution in [1.29, 1.82) is 0 Å². The molecule has 2 N–H and O–H groups in total. The standard InChI is InChI=1S/C13H16F3NO3/c1-8(9-4-3-5-10(6-9)20-2)12(19)17-11(7-18)13(14,15)16/h3-6,8,11,18H,7H2,1-2H3,(H,17,19). The predicted octanol–water partition coefficient (Wildman–Crippen LogP) is 1.84. The highest BCUT2D eigenvalue weighted by Gasteiger charge is 2.40. The Morgan fingerprint density at radius 2 is 2.10 bits per heavy atom. The van der Waals surface area contributed by atoms with Crippen LogP contribution in [-0.4, -0.2) is 36.9 Å². The second-order valence-electron chi connectivity index (χ2n) is 4.28. The van der Waals surface area contributed by atoms with Gasteiger partial charge in [-0.15, -0.1) is 0 Å². The van der Waals surface area contributed by atoms with Gasteiger partial charge in [0.15, 0.2) is 0 Å². The van der Waals surface area contributed by atoms with Crippen LogP contribution in [0.2, 0.25) is 0 Å². The summed E-state index contributed by atoms with van der Waals surface area (Å²) in [7, 11) is 1.45. The maximum absolute atomic E-state index is 12.5. The lowest BCUT2D eigenvalue weighted by Gasteiger charge is -2.21. The lowest BCUT2D eigenvalue weighted by Crippen LogP contribution is -2.49. The fraction of sp³-hybridized carbons (Fsp3) is 0.462. The fourth-order valence-corrected chi connectivity index (χ4v) is 1.59. The van der Waals surface area contributed by atoms with Crippen LogP contribution in [-0.2, 0) is 4.79 Å². The minimum Gasteiger partial charge on any atom is -0.497 e. The molecule has 20 heavy (non-hydrogen) atoms. The molecule has 0 aliphatic carbocycles. The van der Waals surface area contributed by atoms with Gasteiger partial charge in [-0.2, -0.15) is 13.2 Å². The highest BCUT2D eigenvalue weighted by atomic mass is 19.4. The first-order valence-electron chi connectivity index (χ1n) is 5.91. The summed E-state index contributed by atoms with van der Waals surface area (Å²) in [6, 6.07) is 4.24. The van der Waals surface area contributed by atoms with Crippen LogP contribution in [0.3, 0.4) is 0 Å². The largest absolute Gasteiger partial charge is 0.497 e. The number of hydrogen-bond donors (Lipinski definition) is 2. The molecule has 1 rings (SSSR count). The normalized spacial score (nSPS) is 14.5. The van der Waals surface area contributed by atoms with Gasteiger partial charge in [-0.25, -0.2) is 0 Å². The highest BCUT2D eigenvalue weighted by Crippen LogP contribution is 2.23. The molecule has 2 unspecified atom stereocenters. The molecule has 0 aliphatic heterocycles. The molecule has 1 aromatic carbocycles. The van der Waals surface area contributed by atoms with E-state index in [0.717, 1.165) is 0 Å². The molecule has 0 saturated heterocycles. The van der Waals surface area contributed by atoms with Crippen LogP contribution in [0.25, 0.3) is 0 Å². The number of alkyl halides is 3. The molecule has 0 aromatic heterocycles. The van der Waals surface area contributed by atoms with Crippen molar-refractivity contribution in [3.05, 3.63) is 29.8 Å². The number of carbonyl (C=O) groups excluding carboxylic acids is 1. The zero-order valence-corrected chi connectivity index (χ0v) is 11.1. The van der Waals surface area contributed by atoms with E-state index in [0.29, 0.717) is 11.3 Å². The Morgan fingerprint density at radius 3 is 2.60 bits per heavy atom. The van der Waals surface area contributed by atoms with Crippen molar-refractivity contribution < 1.29 is 27.8 Å². The molecular formula is C13H16F3NO3. The summed E-state index contributed by atoms with van der Waals surface area (Å²) in [5, 5.41) is 10.5. The Morgan fingerprint density at radius 1 is 1.45 bits per heavy atom. The van der Waals surface area contributed by atoms with E-state index in [2.05, 4.69) is 0 Å². The summed E-state index contributed by atoms with van der Waals surface area (Å²) in [6.45, 7) is 0.287. The third-order valence-corrected chi connectivity index (χ3v) is 2.88. The molecule has 0 fully saturated rings. The van der Waals surface area contributed by atoms with Crippen molar-refractivity contribution in [3.8, 4) is 5.75 Å². The van der Waals surface area contributed by atoms with E-state index in [9.17, 15) is 18.0 Å². The number of aliphatic hydroxyl groups excluding tert-OH is 1. The van der Waals surface area contributed by atoms with Crippen LogP contribution in [0.4, 0.5) is 13.2 Å². The summed E-state index contributed by atoms with van der Waals surface area (Å²) < 4.78 is 42.4. The minimum atomic E-state index is -4.68. The third-order valence-electron chi connectivity index (χ3n) is 2.88. The second-order valence-corrected chi connectivity index (χ2v) is 4.28. The molecule has 7 heteroatoms. The quantitative estimate of drug-likeness (QED) is 0.870. The molecule has 0 radical (unpaired) electrons. The first-order chi connectivity index (χ1) is 9.29.